The minimum absolute atomic E-state index is 0.0763. The fourth-order valence-electron chi connectivity index (χ4n) is 8.03. The highest BCUT2D eigenvalue weighted by Gasteiger charge is 2.26. The largest absolute Gasteiger partial charge is 0.472 e. The van der Waals surface area contributed by atoms with Gasteiger partial charge in [0, 0.05) is 13.0 Å². The van der Waals surface area contributed by atoms with Crippen molar-refractivity contribution in [2.75, 3.05) is 19.8 Å². The van der Waals surface area contributed by atoms with Crippen molar-refractivity contribution < 1.29 is 28.4 Å². The monoisotopic (exact) mass is 883 g/mol. The van der Waals surface area contributed by atoms with Crippen LogP contribution in [0.25, 0.3) is 0 Å². The first kappa shape index (κ1) is 60.0. The van der Waals surface area contributed by atoms with Gasteiger partial charge in [0.25, 0.3) is 0 Å². The Morgan fingerprint density at radius 2 is 0.869 bits per heavy atom. The summed E-state index contributed by atoms with van der Waals surface area (Å²) < 4.78 is 22.2. The Kier molecular flexibility index (Phi) is 47.6. The number of nitrogens with two attached hydrogens (primary N) is 1. The molecule has 1 amide bonds. The van der Waals surface area contributed by atoms with Gasteiger partial charge in [-0.1, -0.05) is 256 Å². The number of phosphoric ester groups is 1. The van der Waals surface area contributed by atoms with Crippen LogP contribution in [0.2, 0.25) is 0 Å². The smallest absolute Gasteiger partial charge is 0.387 e. The molecular formula is C52H103N2O6P. The second kappa shape index (κ2) is 48.4. The zero-order chi connectivity index (χ0) is 44.6. The van der Waals surface area contributed by atoms with Crippen molar-refractivity contribution in [3.05, 3.63) is 24.3 Å². The topological polar surface area (TPSA) is 131 Å². The molecule has 0 heterocycles. The maximum absolute atomic E-state index is 12.8. The molecule has 0 spiro atoms. The van der Waals surface area contributed by atoms with E-state index in [1.54, 1.807) is 6.08 Å². The van der Waals surface area contributed by atoms with Gasteiger partial charge in [-0.3, -0.25) is 13.8 Å². The van der Waals surface area contributed by atoms with E-state index in [1.165, 1.54) is 212 Å². The first-order chi connectivity index (χ1) is 29.9. The van der Waals surface area contributed by atoms with Crippen LogP contribution in [0.3, 0.4) is 0 Å². The number of nitrogens with one attached hydrogen (secondary N) is 1. The molecule has 9 heteroatoms. The summed E-state index contributed by atoms with van der Waals surface area (Å²) in [6.07, 6.45) is 58.2. The lowest BCUT2D eigenvalue weighted by Crippen LogP contribution is -2.45. The summed E-state index contributed by atoms with van der Waals surface area (Å²) >= 11 is 0. The molecule has 0 saturated carbocycles. The Balaban J connectivity index is 4.09. The molecule has 61 heavy (non-hydrogen) atoms. The van der Waals surface area contributed by atoms with Crippen LogP contribution in [-0.4, -0.2) is 47.8 Å². The van der Waals surface area contributed by atoms with Crippen molar-refractivity contribution in [3.8, 4) is 0 Å². The van der Waals surface area contributed by atoms with Crippen molar-refractivity contribution in [1.29, 1.82) is 0 Å². The van der Waals surface area contributed by atoms with Crippen molar-refractivity contribution in [2.24, 2.45) is 5.73 Å². The highest BCUT2D eigenvalue weighted by Crippen LogP contribution is 2.43. The third-order valence-corrected chi connectivity index (χ3v) is 13.0. The van der Waals surface area contributed by atoms with E-state index in [4.69, 9.17) is 14.8 Å². The van der Waals surface area contributed by atoms with Gasteiger partial charge < -0.3 is 21.1 Å². The lowest BCUT2D eigenvalue weighted by atomic mass is 10.0. The lowest BCUT2D eigenvalue weighted by Gasteiger charge is -2.23. The number of aliphatic hydroxyl groups is 1. The zero-order valence-corrected chi connectivity index (χ0v) is 41.3. The van der Waals surface area contributed by atoms with Crippen LogP contribution in [0, 0.1) is 0 Å². The molecule has 3 unspecified atom stereocenters. The van der Waals surface area contributed by atoms with E-state index in [0.717, 1.165) is 38.5 Å². The number of aliphatic hydroxyl groups excluding tert-OH is 1. The van der Waals surface area contributed by atoms with Crippen LogP contribution in [0.4, 0.5) is 0 Å². The van der Waals surface area contributed by atoms with Gasteiger partial charge in [0.2, 0.25) is 5.91 Å². The molecule has 0 aliphatic rings. The van der Waals surface area contributed by atoms with Gasteiger partial charge in [-0.05, 0) is 32.1 Å². The van der Waals surface area contributed by atoms with Crippen molar-refractivity contribution in [1.82, 2.24) is 5.32 Å². The van der Waals surface area contributed by atoms with Gasteiger partial charge in [0.05, 0.1) is 25.4 Å². The number of unbranched alkanes of at least 4 members (excludes halogenated alkanes) is 36. The molecule has 0 fully saturated rings. The number of allylic oxidation sites excluding steroid dienone is 3. The van der Waals surface area contributed by atoms with Gasteiger partial charge in [0.15, 0.2) is 0 Å². The predicted octanol–water partition coefficient (Wildman–Crippen LogP) is 15.7. The number of rotatable bonds is 50. The molecule has 0 rings (SSSR count). The minimum Gasteiger partial charge on any atom is -0.387 e. The Labute approximate surface area is 378 Å². The third kappa shape index (κ3) is 46.8. The van der Waals surface area contributed by atoms with Gasteiger partial charge in [-0.25, -0.2) is 4.57 Å². The normalized spacial score (nSPS) is 14.0. The van der Waals surface area contributed by atoms with Crippen molar-refractivity contribution in [3.63, 3.8) is 0 Å². The highest BCUT2D eigenvalue weighted by atomic mass is 31.2. The minimum atomic E-state index is -4.35. The summed E-state index contributed by atoms with van der Waals surface area (Å²) in [4.78, 5) is 22.8. The molecule has 0 aromatic heterocycles. The van der Waals surface area contributed by atoms with Crippen LogP contribution >= 0.6 is 7.82 Å². The van der Waals surface area contributed by atoms with E-state index < -0.39 is 20.0 Å². The number of hydrogen-bond donors (Lipinski definition) is 4. The molecule has 3 atom stereocenters. The summed E-state index contributed by atoms with van der Waals surface area (Å²) in [7, 11) is -4.35. The van der Waals surface area contributed by atoms with Gasteiger partial charge in [-0.15, -0.1) is 0 Å². The van der Waals surface area contributed by atoms with Crippen LogP contribution in [-0.2, 0) is 18.4 Å². The summed E-state index contributed by atoms with van der Waals surface area (Å²) in [5.74, 6) is -0.198. The quantitative estimate of drug-likeness (QED) is 0.0272. The van der Waals surface area contributed by atoms with Crippen molar-refractivity contribution in [2.45, 2.75) is 283 Å². The van der Waals surface area contributed by atoms with Gasteiger partial charge in [0.1, 0.15) is 0 Å². The fourth-order valence-corrected chi connectivity index (χ4v) is 8.79. The fraction of sp³-hybridized carbons (Fsp3) is 0.904. The summed E-state index contributed by atoms with van der Waals surface area (Å²) in [5.41, 5.74) is 5.39. The van der Waals surface area contributed by atoms with Gasteiger partial charge in [-0.2, -0.15) is 0 Å². The van der Waals surface area contributed by atoms with E-state index in [-0.39, 0.29) is 25.7 Å². The second-order valence-electron chi connectivity index (χ2n) is 18.1. The molecule has 0 aromatic rings. The summed E-state index contributed by atoms with van der Waals surface area (Å²) in [6.45, 7) is 4.16. The average molecular weight is 883 g/mol. The lowest BCUT2D eigenvalue weighted by molar-refractivity contribution is -0.123. The van der Waals surface area contributed by atoms with Crippen molar-refractivity contribution >= 4 is 13.7 Å². The predicted molar refractivity (Wildman–Crippen MR) is 263 cm³/mol. The Morgan fingerprint density at radius 1 is 0.525 bits per heavy atom. The van der Waals surface area contributed by atoms with Crippen LogP contribution in [0.1, 0.15) is 271 Å². The molecule has 0 aliphatic carbocycles. The number of phosphoric acid groups is 1. The average Bonchev–Trinajstić information content (AvgIpc) is 3.25. The SMILES string of the molecule is CCCCCCCCCCCCCCCCC/C=C/CC/C=C/C(O)C(COP(=O)(O)OCCN)NC(=O)CCCCCCCCCCCCCCCCCCCCCCC. The third-order valence-electron chi connectivity index (χ3n) is 12.0. The molecule has 0 radical (unpaired) electrons. The van der Waals surface area contributed by atoms with E-state index in [2.05, 4.69) is 31.3 Å². The maximum Gasteiger partial charge on any atom is 0.472 e. The molecule has 0 aliphatic heterocycles. The molecule has 0 saturated heterocycles. The van der Waals surface area contributed by atoms with E-state index in [9.17, 15) is 19.4 Å². The van der Waals surface area contributed by atoms with E-state index in [1.807, 2.05) is 6.08 Å². The summed E-state index contributed by atoms with van der Waals surface area (Å²) in [5, 5.41) is 13.7. The maximum atomic E-state index is 12.8. The molecule has 8 nitrogen and oxygen atoms in total. The first-order valence-electron chi connectivity index (χ1n) is 26.5. The zero-order valence-electron chi connectivity index (χ0n) is 40.4. The molecule has 362 valence electrons. The molecule has 0 aromatic carbocycles. The van der Waals surface area contributed by atoms with E-state index in [0.29, 0.717) is 6.42 Å². The number of hydrogen-bond acceptors (Lipinski definition) is 6. The number of amides is 1. The first-order valence-corrected chi connectivity index (χ1v) is 28.0. The number of carbonyl (C=O) groups is 1. The molecular weight excluding hydrogens is 780 g/mol. The molecule has 5 N–H and O–H groups in total. The Morgan fingerprint density at radius 3 is 1.26 bits per heavy atom. The highest BCUT2D eigenvalue weighted by molar-refractivity contribution is 7.47. The second-order valence-corrected chi connectivity index (χ2v) is 19.5. The standard InChI is InChI=1S/C52H103N2O6P/c1-3-5-7-9-11-13-15-17-19-21-23-25-27-29-31-33-35-37-39-41-43-45-51(55)50(49-60-61(57,58)59-48-47-53)54-52(56)46-44-42-40-38-36-34-32-30-28-26-24-22-20-18-16-14-12-10-8-6-4-2/h35,37,43,45,50-51,55H,3-34,36,38-42,44,46-49,53H2,1-2H3,(H,54,56)(H,57,58)/b37-35+,45-43+. The Hall–Kier alpha value is -1.02. The molecule has 0 bridgehead atoms. The Bertz CT molecular complexity index is 1010. The van der Waals surface area contributed by atoms with Gasteiger partial charge >= 0.3 is 7.82 Å². The van der Waals surface area contributed by atoms with Crippen LogP contribution < -0.4 is 11.1 Å². The summed E-state index contributed by atoms with van der Waals surface area (Å²) in [6, 6.07) is -0.874. The van der Waals surface area contributed by atoms with Crippen LogP contribution in [0.5, 0.6) is 0 Å². The number of carbonyl (C=O) groups excluding carboxylic acids is 1. The van der Waals surface area contributed by atoms with E-state index >= 15 is 0 Å². The van der Waals surface area contributed by atoms with Crippen LogP contribution in [0.15, 0.2) is 24.3 Å².